The van der Waals surface area contributed by atoms with Crippen LogP contribution in [0.25, 0.3) is 16.9 Å². The molecule has 0 bridgehead atoms. The van der Waals surface area contributed by atoms with Gasteiger partial charge in [0.05, 0.1) is 22.4 Å². The van der Waals surface area contributed by atoms with Gasteiger partial charge in [0.2, 0.25) is 0 Å². The van der Waals surface area contributed by atoms with Gasteiger partial charge in [0.25, 0.3) is 5.69 Å². The summed E-state index contributed by atoms with van der Waals surface area (Å²) in [4.78, 5) is 10.6. The summed E-state index contributed by atoms with van der Waals surface area (Å²) < 4.78 is 1.59. The average Bonchev–Trinajstić information content (AvgIpc) is 2.98. The number of nitro groups is 1. The molecule has 0 aliphatic rings. The molecule has 20 heavy (non-hydrogen) atoms. The number of hydrogen-bond acceptors (Lipinski definition) is 4. The van der Waals surface area contributed by atoms with E-state index in [0.29, 0.717) is 11.3 Å². The van der Waals surface area contributed by atoms with E-state index >= 15 is 0 Å². The lowest BCUT2D eigenvalue weighted by molar-refractivity contribution is -0.384. The highest BCUT2D eigenvalue weighted by Gasteiger charge is 2.16. The number of nitro benzene ring substituents is 1. The lowest BCUT2D eigenvalue weighted by Gasteiger charge is -1.98. The van der Waals surface area contributed by atoms with E-state index in [4.69, 9.17) is 0 Å². The Morgan fingerprint density at radius 3 is 2.45 bits per heavy atom. The molecular formula is C14H10N4O2. The summed E-state index contributed by atoms with van der Waals surface area (Å²) in [6.07, 6.45) is 1.68. The van der Waals surface area contributed by atoms with Crippen molar-refractivity contribution in [2.45, 2.75) is 0 Å². The van der Waals surface area contributed by atoms with Gasteiger partial charge in [0.15, 0.2) is 0 Å². The third-order valence-electron chi connectivity index (χ3n) is 2.89. The van der Waals surface area contributed by atoms with Crippen molar-refractivity contribution in [3.8, 4) is 16.9 Å². The molecule has 98 valence electrons. The fraction of sp³-hybridized carbons (Fsp3) is 0. The average molecular weight is 266 g/mol. The Kier molecular flexibility index (Phi) is 2.96. The zero-order valence-electron chi connectivity index (χ0n) is 10.4. The molecule has 0 saturated heterocycles. The van der Waals surface area contributed by atoms with Crippen molar-refractivity contribution in [3.05, 3.63) is 70.9 Å². The second kappa shape index (κ2) is 4.93. The molecule has 3 aromatic rings. The molecule has 0 N–H and O–H groups in total. The summed E-state index contributed by atoms with van der Waals surface area (Å²) in [5.41, 5.74) is 1.80. The van der Waals surface area contributed by atoms with Crippen LogP contribution in [0.4, 0.5) is 5.69 Å². The van der Waals surface area contributed by atoms with Gasteiger partial charge in [0, 0.05) is 6.07 Å². The highest BCUT2D eigenvalue weighted by Crippen LogP contribution is 2.27. The van der Waals surface area contributed by atoms with Crippen molar-refractivity contribution in [2.24, 2.45) is 0 Å². The van der Waals surface area contributed by atoms with Crippen molar-refractivity contribution < 1.29 is 4.92 Å². The minimum absolute atomic E-state index is 0.0209. The first-order chi connectivity index (χ1) is 9.75. The van der Waals surface area contributed by atoms with E-state index in [1.54, 1.807) is 29.1 Å². The molecule has 0 unspecified atom stereocenters. The second-order valence-corrected chi connectivity index (χ2v) is 4.16. The first-order valence-electron chi connectivity index (χ1n) is 5.97. The molecule has 6 nitrogen and oxygen atoms in total. The van der Waals surface area contributed by atoms with Crippen molar-refractivity contribution >= 4 is 5.69 Å². The zero-order valence-corrected chi connectivity index (χ0v) is 10.4. The molecule has 2 aromatic carbocycles. The monoisotopic (exact) mass is 266 g/mol. The molecule has 1 aromatic heterocycles. The number of benzene rings is 2. The van der Waals surface area contributed by atoms with Crippen LogP contribution in [0.5, 0.6) is 0 Å². The van der Waals surface area contributed by atoms with Gasteiger partial charge >= 0.3 is 0 Å². The molecule has 0 aliphatic carbocycles. The highest BCUT2D eigenvalue weighted by molar-refractivity contribution is 5.69. The van der Waals surface area contributed by atoms with E-state index in [-0.39, 0.29) is 5.69 Å². The maximum absolute atomic E-state index is 11.0. The van der Waals surface area contributed by atoms with E-state index < -0.39 is 4.92 Å². The van der Waals surface area contributed by atoms with Crippen molar-refractivity contribution in [2.75, 3.05) is 0 Å². The van der Waals surface area contributed by atoms with Gasteiger partial charge < -0.3 is 0 Å². The number of nitrogens with zero attached hydrogens (tertiary/aromatic N) is 4. The van der Waals surface area contributed by atoms with Crippen molar-refractivity contribution in [1.82, 2.24) is 15.0 Å². The smallest absolute Gasteiger partial charge is 0.258 e. The van der Waals surface area contributed by atoms with Crippen molar-refractivity contribution in [3.63, 3.8) is 0 Å². The van der Waals surface area contributed by atoms with Crippen LogP contribution in [-0.2, 0) is 0 Å². The van der Waals surface area contributed by atoms with Crippen LogP contribution >= 0.6 is 0 Å². The van der Waals surface area contributed by atoms with Gasteiger partial charge in [-0.15, -0.1) is 5.10 Å². The lowest BCUT2D eigenvalue weighted by atomic mass is 10.1. The Bertz CT molecular complexity index is 753. The molecule has 3 rings (SSSR count). The molecule has 0 aliphatic heterocycles. The molecule has 0 radical (unpaired) electrons. The van der Waals surface area contributed by atoms with Crippen LogP contribution in [0, 0.1) is 10.1 Å². The quantitative estimate of drug-likeness (QED) is 0.539. The zero-order chi connectivity index (χ0) is 13.9. The third kappa shape index (κ3) is 2.14. The Hall–Kier alpha value is -3.02. The number of para-hydroxylation sites is 2. The van der Waals surface area contributed by atoms with Crippen molar-refractivity contribution in [1.29, 1.82) is 0 Å². The van der Waals surface area contributed by atoms with E-state index in [1.165, 1.54) is 6.07 Å². The van der Waals surface area contributed by atoms with Gasteiger partial charge in [0.1, 0.15) is 5.69 Å². The Morgan fingerprint density at radius 2 is 1.70 bits per heavy atom. The highest BCUT2D eigenvalue weighted by atomic mass is 16.6. The van der Waals surface area contributed by atoms with Crippen LogP contribution in [0.2, 0.25) is 0 Å². The predicted molar refractivity (Wildman–Crippen MR) is 73.4 cm³/mol. The summed E-state index contributed by atoms with van der Waals surface area (Å²) >= 11 is 0. The van der Waals surface area contributed by atoms with Gasteiger partial charge in [-0.3, -0.25) is 10.1 Å². The Labute approximate surface area is 114 Å². The summed E-state index contributed by atoms with van der Waals surface area (Å²) in [5.74, 6) is 0. The lowest BCUT2D eigenvalue weighted by Crippen LogP contribution is -1.93. The SMILES string of the molecule is O=[N+]([O-])c1ccccc1-c1cn(-c2ccccc2)nn1. The minimum Gasteiger partial charge on any atom is -0.258 e. The van der Waals surface area contributed by atoms with Crippen LogP contribution in [0.15, 0.2) is 60.8 Å². The summed E-state index contributed by atoms with van der Waals surface area (Å²) in [6, 6.07) is 15.9. The van der Waals surface area contributed by atoms with E-state index in [2.05, 4.69) is 10.3 Å². The summed E-state index contributed by atoms with van der Waals surface area (Å²) in [5, 5.41) is 19.0. The van der Waals surface area contributed by atoms with Gasteiger partial charge in [-0.25, -0.2) is 4.68 Å². The minimum atomic E-state index is -0.420. The second-order valence-electron chi connectivity index (χ2n) is 4.16. The molecule has 6 heteroatoms. The Morgan fingerprint density at radius 1 is 1.00 bits per heavy atom. The fourth-order valence-electron chi connectivity index (χ4n) is 1.94. The van der Waals surface area contributed by atoms with Gasteiger partial charge in [-0.1, -0.05) is 35.5 Å². The fourth-order valence-corrected chi connectivity index (χ4v) is 1.94. The number of rotatable bonds is 3. The number of hydrogen-bond donors (Lipinski definition) is 0. The van der Waals surface area contributed by atoms with Crippen LogP contribution in [0.1, 0.15) is 0 Å². The summed E-state index contributed by atoms with van der Waals surface area (Å²) in [7, 11) is 0. The van der Waals surface area contributed by atoms with E-state index in [1.807, 2.05) is 30.3 Å². The van der Waals surface area contributed by atoms with E-state index in [0.717, 1.165) is 5.69 Å². The topological polar surface area (TPSA) is 73.8 Å². The Balaban J connectivity index is 2.05. The largest absolute Gasteiger partial charge is 0.278 e. The van der Waals surface area contributed by atoms with Gasteiger partial charge in [-0.2, -0.15) is 0 Å². The molecule has 1 heterocycles. The maximum Gasteiger partial charge on any atom is 0.278 e. The third-order valence-corrected chi connectivity index (χ3v) is 2.89. The molecular weight excluding hydrogens is 256 g/mol. The van der Waals surface area contributed by atoms with E-state index in [9.17, 15) is 10.1 Å². The predicted octanol–water partition coefficient (Wildman–Crippen LogP) is 2.84. The number of aromatic nitrogens is 3. The summed E-state index contributed by atoms with van der Waals surface area (Å²) in [6.45, 7) is 0. The first kappa shape index (κ1) is 12.0. The molecule has 0 atom stereocenters. The first-order valence-corrected chi connectivity index (χ1v) is 5.97. The van der Waals surface area contributed by atoms with Crippen LogP contribution < -0.4 is 0 Å². The van der Waals surface area contributed by atoms with Crippen LogP contribution in [0.3, 0.4) is 0 Å². The van der Waals surface area contributed by atoms with Crippen LogP contribution in [-0.4, -0.2) is 19.9 Å². The standard InChI is InChI=1S/C14H10N4O2/c19-18(20)14-9-5-4-8-12(14)13-10-17(16-15-13)11-6-2-1-3-7-11/h1-10H. The molecule has 0 fully saturated rings. The molecule has 0 amide bonds. The normalized spacial score (nSPS) is 10.4. The molecule has 0 spiro atoms. The van der Waals surface area contributed by atoms with Gasteiger partial charge in [-0.05, 0) is 18.2 Å². The molecule has 0 saturated carbocycles. The maximum atomic E-state index is 11.0.